The van der Waals surface area contributed by atoms with Gasteiger partial charge in [-0.05, 0) is 17.7 Å². The van der Waals surface area contributed by atoms with Crippen molar-refractivity contribution in [2.75, 3.05) is 0 Å². The number of hydrogen-bond donors (Lipinski definition) is 1. The molecule has 0 aliphatic heterocycles. The third-order valence-corrected chi connectivity index (χ3v) is 4.68. The predicted octanol–water partition coefficient (Wildman–Crippen LogP) is 3.06. The summed E-state index contributed by atoms with van der Waals surface area (Å²) in [5.41, 5.74) is 1.15. The third-order valence-electron chi connectivity index (χ3n) is 2.79. The number of aromatic hydroxyl groups is 1. The van der Waals surface area contributed by atoms with Gasteiger partial charge in [-0.3, -0.25) is 0 Å². The molecule has 0 spiro atoms. The van der Waals surface area contributed by atoms with Crippen molar-refractivity contribution < 1.29 is 5.11 Å². The van der Waals surface area contributed by atoms with Crippen molar-refractivity contribution in [3.8, 4) is 5.75 Å². The Labute approximate surface area is 95.4 Å². The van der Waals surface area contributed by atoms with Crippen LogP contribution in [0.2, 0.25) is 6.04 Å². The highest BCUT2D eigenvalue weighted by Gasteiger charge is 1.99. The first-order valence-electron chi connectivity index (χ1n) is 6.11. The van der Waals surface area contributed by atoms with Gasteiger partial charge >= 0.3 is 0 Å². The topological polar surface area (TPSA) is 20.2 Å². The molecule has 15 heavy (non-hydrogen) atoms. The van der Waals surface area contributed by atoms with Crippen LogP contribution in [0.1, 0.15) is 38.2 Å². The monoisotopic (exact) mass is 222 g/mol. The molecule has 0 atom stereocenters. The number of benzene rings is 1. The number of rotatable bonds is 7. The van der Waals surface area contributed by atoms with Crippen molar-refractivity contribution in [2.45, 2.75) is 44.7 Å². The maximum absolute atomic E-state index is 9.57. The van der Waals surface area contributed by atoms with E-state index in [1.807, 2.05) is 18.2 Å². The molecule has 0 heterocycles. The molecule has 0 saturated carbocycles. The number of unbranched alkanes of at least 4 members (excludes halogenated alkanes) is 3. The van der Waals surface area contributed by atoms with E-state index in [1.165, 1.54) is 31.7 Å². The Kier molecular flexibility index (Phi) is 6.17. The minimum absolute atomic E-state index is 0.00367. The lowest BCUT2D eigenvalue weighted by Gasteiger charge is -2.03. The highest BCUT2D eigenvalue weighted by atomic mass is 28.2. The van der Waals surface area contributed by atoms with Crippen LogP contribution in [0.15, 0.2) is 24.3 Å². The number of phenolic OH excluding ortho intramolecular Hbond substituents is 1. The Morgan fingerprint density at radius 1 is 1.13 bits per heavy atom. The molecule has 0 aliphatic rings. The SMILES string of the molecule is CCCCCC[SiH2]Cc1ccccc1O. The molecular weight excluding hydrogens is 200 g/mol. The first-order chi connectivity index (χ1) is 7.34. The van der Waals surface area contributed by atoms with E-state index in [4.69, 9.17) is 0 Å². The van der Waals surface area contributed by atoms with Crippen molar-refractivity contribution in [3.05, 3.63) is 29.8 Å². The molecular formula is C13H22OSi. The Morgan fingerprint density at radius 3 is 2.67 bits per heavy atom. The van der Waals surface area contributed by atoms with Crippen LogP contribution >= 0.6 is 0 Å². The van der Waals surface area contributed by atoms with Gasteiger partial charge in [-0.2, -0.15) is 0 Å². The Bertz CT molecular complexity index is 273. The van der Waals surface area contributed by atoms with Gasteiger partial charge in [-0.25, -0.2) is 0 Å². The van der Waals surface area contributed by atoms with Crippen LogP contribution < -0.4 is 0 Å². The lowest BCUT2D eigenvalue weighted by molar-refractivity contribution is 0.470. The van der Waals surface area contributed by atoms with E-state index < -0.39 is 0 Å². The van der Waals surface area contributed by atoms with Crippen molar-refractivity contribution in [1.29, 1.82) is 0 Å². The normalized spacial score (nSPS) is 11.3. The summed E-state index contributed by atoms with van der Waals surface area (Å²) in [5.74, 6) is 0.485. The van der Waals surface area contributed by atoms with Crippen molar-refractivity contribution >= 4 is 9.52 Å². The first kappa shape index (κ1) is 12.3. The van der Waals surface area contributed by atoms with E-state index in [-0.39, 0.29) is 9.52 Å². The summed E-state index contributed by atoms with van der Waals surface area (Å²) in [4.78, 5) is 0. The fraction of sp³-hybridized carbons (Fsp3) is 0.538. The van der Waals surface area contributed by atoms with Crippen molar-refractivity contribution in [1.82, 2.24) is 0 Å². The van der Waals surface area contributed by atoms with E-state index in [0.717, 1.165) is 11.6 Å². The number of phenols is 1. The highest BCUT2D eigenvalue weighted by molar-refractivity contribution is 6.34. The van der Waals surface area contributed by atoms with E-state index in [1.54, 1.807) is 6.07 Å². The number of hydrogen-bond acceptors (Lipinski definition) is 1. The minimum atomic E-state index is 0.00367. The van der Waals surface area contributed by atoms with Gasteiger partial charge in [0.05, 0.1) is 0 Å². The van der Waals surface area contributed by atoms with Crippen LogP contribution in [-0.2, 0) is 6.04 Å². The zero-order valence-corrected chi connectivity index (χ0v) is 11.1. The fourth-order valence-corrected chi connectivity index (χ4v) is 3.58. The lowest BCUT2D eigenvalue weighted by atomic mass is 10.2. The lowest BCUT2D eigenvalue weighted by Crippen LogP contribution is -1.96. The molecule has 0 aromatic heterocycles. The van der Waals surface area contributed by atoms with Gasteiger partial charge in [-0.15, -0.1) is 0 Å². The largest absolute Gasteiger partial charge is 0.508 e. The van der Waals surface area contributed by atoms with E-state index in [0.29, 0.717) is 5.75 Å². The second kappa shape index (κ2) is 7.52. The maximum Gasteiger partial charge on any atom is 0.118 e. The molecule has 1 N–H and O–H groups in total. The molecule has 0 unspecified atom stereocenters. The second-order valence-corrected chi connectivity index (χ2v) is 6.06. The zero-order valence-electron chi connectivity index (χ0n) is 9.71. The first-order valence-corrected chi connectivity index (χ1v) is 8.11. The minimum Gasteiger partial charge on any atom is -0.508 e. The predicted molar refractivity (Wildman–Crippen MR) is 69.3 cm³/mol. The molecule has 0 amide bonds. The molecule has 0 radical (unpaired) electrons. The molecule has 0 saturated heterocycles. The van der Waals surface area contributed by atoms with Gasteiger partial charge in [0.1, 0.15) is 5.75 Å². The molecule has 1 aromatic carbocycles. The smallest absolute Gasteiger partial charge is 0.118 e. The molecule has 2 heteroatoms. The Balaban J connectivity index is 2.12. The molecule has 0 fully saturated rings. The van der Waals surface area contributed by atoms with Gasteiger partial charge in [0.15, 0.2) is 0 Å². The summed E-state index contributed by atoms with van der Waals surface area (Å²) in [7, 11) is 0.00367. The van der Waals surface area contributed by atoms with Crippen LogP contribution in [0.25, 0.3) is 0 Å². The Morgan fingerprint density at radius 2 is 1.93 bits per heavy atom. The molecule has 0 bridgehead atoms. The summed E-state index contributed by atoms with van der Waals surface area (Å²) >= 11 is 0. The van der Waals surface area contributed by atoms with Gasteiger partial charge < -0.3 is 5.11 Å². The van der Waals surface area contributed by atoms with Crippen LogP contribution in [0.4, 0.5) is 0 Å². The van der Waals surface area contributed by atoms with Crippen LogP contribution in [0.5, 0.6) is 5.75 Å². The third kappa shape index (κ3) is 5.03. The summed E-state index contributed by atoms with van der Waals surface area (Å²) in [5, 5.41) is 9.57. The van der Waals surface area contributed by atoms with E-state index >= 15 is 0 Å². The summed E-state index contributed by atoms with van der Waals surface area (Å²) in [6, 6.07) is 10.3. The average Bonchev–Trinajstić information content (AvgIpc) is 2.25. The second-order valence-electron chi connectivity index (χ2n) is 4.15. The molecule has 84 valence electrons. The van der Waals surface area contributed by atoms with Crippen molar-refractivity contribution in [2.24, 2.45) is 0 Å². The van der Waals surface area contributed by atoms with Crippen LogP contribution in [-0.4, -0.2) is 14.6 Å². The highest BCUT2D eigenvalue weighted by Crippen LogP contribution is 2.16. The summed E-state index contributed by atoms with van der Waals surface area (Å²) < 4.78 is 0. The Hall–Kier alpha value is -0.763. The number of para-hydroxylation sites is 1. The van der Waals surface area contributed by atoms with Gasteiger partial charge in [0, 0.05) is 9.52 Å². The quantitative estimate of drug-likeness (QED) is 0.555. The van der Waals surface area contributed by atoms with Gasteiger partial charge in [-0.1, -0.05) is 56.9 Å². The summed E-state index contributed by atoms with van der Waals surface area (Å²) in [6.45, 7) is 2.25. The average molecular weight is 222 g/mol. The maximum atomic E-state index is 9.57. The molecule has 0 aliphatic carbocycles. The molecule has 1 aromatic rings. The van der Waals surface area contributed by atoms with Gasteiger partial charge in [0.25, 0.3) is 0 Å². The van der Waals surface area contributed by atoms with E-state index in [9.17, 15) is 5.11 Å². The zero-order chi connectivity index (χ0) is 10.9. The van der Waals surface area contributed by atoms with Gasteiger partial charge in [0.2, 0.25) is 0 Å². The van der Waals surface area contributed by atoms with Crippen molar-refractivity contribution in [3.63, 3.8) is 0 Å². The molecule has 1 rings (SSSR count). The van der Waals surface area contributed by atoms with Crippen LogP contribution in [0, 0.1) is 0 Å². The summed E-state index contributed by atoms with van der Waals surface area (Å²) in [6.07, 6.45) is 5.49. The van der Waals surface area contributed by atoms with Crippen LogP contribution in [0.3, 0.4) is 0 Å². The molecule has 1 nitrogen and oxygen atoms in total. The fourth-order valence-electron chi connectivity index (χ4n) is 1.82. The standard InChI is InChI=1S/C13H22OSi/c1-2-3-4-7-10-15-11-12-8-5-6-9-13(12)14/h5-6,8-9,14H,2-4,7,10-11,15H2,1H3. The van der Waals surface area contributed by atoms with E-state index in [2.05, 4.69) is 6.92 Å².